The van der Waals surface area contributed by atoms with Gasteiger partial charge in [-0.1, -0.05) is 12.1 Å². The van der Waals surface area contributed by atoms with Gasteiger partial charge in [0.25, 0.3) is 0 Å². The van der Waals surface area contributed by atoms with Gasteiger partial charge in [-0.05, 0) is 39.8 Å². The maximum absolute atomic E-state index is 12.3. The van der Waals surface area contributed by atoms with Crippen molar-refractivity contribution < 1.29 is 14.3 Å². The topological polar surface area (TPSA) is 73.9 Å². The van der Waals surface area contributed by atoms with Crippen LogP contribution in [0.15, 0.2) is 24.3 Å². The van der Waals surface area contributed by atoms with Gasteiger partial charge in [-0.15, -0.1) is 0 Å². The molecular formula is C19H30N4O3. The maximum Gasteiger partial charge on any atom is 0.321 e. The summed E-state index contributed by atoms with van der Waals surface area (Å²) in [7, 11) is 1.67. The number of nitrogens with one attached hydrogen (secondary N) is 2. The highest BCUT2D eigenvalue weighted by Crippen LogP contribution is 2.28. The van der Waals surface area contributed by atoms with Gasteiger partial charge in [0.15, 0.2) is 0 Å². The lowest BCUT2D eigenvalue weighted by atomic mass is 10.1. The van der Waals surface area contributed by atoms with Crippen LogP contribution in [0.2, 0.25) is 0 Å². The number of piperazine rings is 1. The summed E-state index contributed by atoms with van der Waals surface area (Å²) in [5, 5.41) is 5.17. The fourth-order valence-corrected chi connectivity index (χ4v) is 3.00. The van der Waals surface area contributed by atoms with E-state index in [2.05, 4.69) is 20.4 Å². The van der Waals surface area contributed by atoms with E-state index in [-0.39, 0.29) is 17.5 Å². The van der Waals surface area contributed by atoms with Crippen LogP contribution in [0.5, 0.6) is 5.75 Å². The number of hydrogen-bond acceptors (Lipinski definition) is 5. The van der Waals surface area contributed by atoms with E-state index in [1.807, 2.05) is 52.0 Å². The first-order valence-electron chi connectivity index (χ1n) is 8.96. The van der Waals surface area contributed by atoms with Crippen LogP contribution < -0.4 is 20.3 Å². The van der Waals surface area contributed by atoms with Crippen molar-refractivity contribution in [3.05, 3.63) is 24.3 Å². The second-order valence-corrected chi connectivity index (χ2v) is 7.56. The number of carbonyl (C=O) groups is 2. The highest BCUT2D eigenvalue weighted by Gasteiger charge is 2.28. The minimum Gasteiger partial charge on any atom is -0.495 e. The minimum absolute atomic E-state index is 0.280. The molecule has 1 aromatic rings. The molecule has 1 saturated heterocycles. The van der Waals surface area contributed by atoms with Gasteiger partial charge in [-0.2, -0.15) is 0 Å². The van der Waals surface area contributed by atoms with Crippen LogP contribution in [0.3, 0.4) is 0 Å². The van der Waals surface area contributed by atoms with Crippen molar-refractivity contribution in [2.24, 2.45) is 0 Å². The molecule has 2 rings (SSSR count). The molecule has 3 amide bonds. The molecule has 7 nitrogen and oxygen atoms in total. The number of rotatable bonds is 4. The van der Waals surface area contributed by atoms with Gasteiger partial charge in [0.1, 0.15) is 5.75 Å². The summed E-state index contributed by atoms with van der Waals surface area (Å²) in [4.78, 5) is 28.6. The Morgan fingerprint density at radius 1 is 1.12 bits per heavy atom. The highest BCUT2D eigenvalue weighted by atomic mass is 16.5. The van der Waals surface area contributed by atoms with Crippen LogP contribution in [0.1, 0.15) is 27.7 Å². The van der Waals surface area contributed by atoms with E-state index in [1.165, 1.54) is 0 Å². The largest absolute Gasteiger partial charge is 0.495 e. The molecule has 2 N–H and O–H groups in total. The van der Waals surface area contributed by atoms with Crippen LogP contribution in [-0.4, -0.2) is 61.7 Å². The summed E-state index contributed by atoms with van der Waals surface area (Å²) in [6, 6.07) is 7.12. The average Bonchev–Trinajstić information content (AvgIpc) is 2.59. The maximum atomic E-state index is 12.3. The van der Waals surface area contributed by atoms with Gasteiger partial charge in [0, 0.05) is 31.7 Å². The first-order chi connectivity index (χ1) is 12.2. The van der Waals surface area contributed by atoms with E-state index in [4.69, 9.17) is 4.74 Å². The second-order valence-electron chi connectivity index (χ2n) is 7.56. The molecule has 1 aliphatic rings. The fourth-order valence-electron chi connectivity index (χ4n) is 3.00. The third-order valence-electron chi connectivity index (χ3n) is 4.39. The summed E-state index contributed by atoms with van der Waals surface area (Å²) in [6.07, 6.45) is 0. The number of methoxy groups -OCH3 is 1. The Morgan fingerprint density at radius 2 is 1.73 bits per heavy atom. The molecule has 0 spiro atoms. The third-order valence-corrected chi connectivity index (χ3v) is 4.39. The lowest BCUT2D eigenvalue weighted by Gasteiger charge is -2.38. The molecule has 7 heteroatoms. The van der Waals surface area contributed by atoms with E-state index in [1.54, 1.807) is 7.11 Å². The van der Waals surface area contributed by atoms with E-state index in [9.17, 15) is 9.59 Å². The van der Waals surface area contributed by atoms with E-state index >= 15 is 0 Å². The SMILES string of the molecule is COc1ccccc1N1CCN([C@@H](C)C(=O)NC(=O)NC(C)(C)C)CC1. The Bertz CT molecular complexity index is 634. The highest BCUT2D eigenvalue weighted by molar-refractivity contribution is 5.97. The van der Waals surface area contributed by atoms with E-state index < -0.39 is 6.03 Å². The average molecular weight is 362 g/mol. The number of para-hydroxylation sites is 2. The van der Waals surface area contributed by atoms with Crippen molar-refractivity contribution in [3.8, 4) is 5.75 Å². The number of amides is 3. The Labute approximate surface area is 155 Å². The number of benzene rings is 1. The van der Waals surface area contributed by atoms with Crippen molar-refractivity contribution in [3.63, 3.8) is 0 Å². The Morgan fingerprint density at radius 3 is 2.31 bits per heavy atom. The third kappa shape index (κ3) is 5.36. The van der Waals surface area contributed by atoms with Crippen molar-refractivity contribution in [1.29, 1.82) is 0 Å². The Hall–Kier alpha value is -2.28. The molecule has 1 fully saturated rings. The van der Waals surface area contributed by atoms with E-state index in [0.29, 0.717) is 0 Å². The zero-order valence-corrected chi connectivity index (χ0v) is 16.3. The van der Waals surface area contributed by atoms with Crippen molar-refractivity contribution in [2.45, 2.75) is 39.3 Å². The molecule has 144 valence electrons. The summed E-state index contributed by atoms with van der Waals surface area (Å²) >= 11 is 0. The van der Waals surface area contributed by atoms with Crippen molar-refractivity contribution in [1.82, 2.24) is 15.5 Å². The van der Waals surface area contributed by atoms with Crippen molar-refractivity contribution in [2.75, 3.05) is 38.2 Å². The predicted octanol–water partition coefficient (Wildman–Crippen LogP) is 1.83. The normalized spacial score (nSPS) is 16.7. The molecule has 1 aliphatic heterocycles. The number of imide groups is 1. The number of anilines is 1. The zero-order valence-electron chi connectivity index (χ0n) is 16.3. The summed E-state index contributed by atoms with van der Waals surface area (Å²) in [5.74, 6) is 0.572. The van der Waals surface area contributed by atoms with Gasteiger partial charge in [-0.3, -0.25) is 15.0 Å². The molecule has 0 aliphatic carbocycles. The molecule has 0 bridgehead atoms. The number of urea groups is 1. The molecular weight excluding hydrogens is 332 g/mol. The standard InChI is InChI=1S/C19H30N4O3/c1-14(17(24)20-18(25)21-19(2,3)4)22-10-12-23(13-11-22)15-8-6-7-9-16(15)26-5/h6-9,14H,10-13H2,1-5H3,(H2,20,21,24,25)/t14-/m0/s1. The summed E-state index contributed by atoms with van der Waals surface area (Å²) in [6.45, 7) is 10.5. The van der Waals surface area contributed by atoms with Crippen LogP contribution in [0.25, 0.3) is 0 Å². The molecule has 1 heterocycles. The van der Waals surface area contributed by atoms with Crippen LogP contribution in [0, 0.1) is 0 Å². The fraction of sp³-hybridized carbons (Fsp3) is 0.579. The molecule has 0 unspecified atom stereocenters. The van der Waals surface area contributed by atoms with Gasteiger partial charge in [-0.25, -0.2) is 4.79 Å². The van der Waals surface area contributed by atoms with Crippen LogP contribution >= 0.6 is 0 Å². The van der Waals surface area contributed by atoms with Crippen molar-refractivity contribution >= 4 is 17.6 Å². The van der Waals surface area contributed by atoms with Gasteiger partial charge in [0.2, 0.25) is 5.91 Å². The molecule has 1 atom stereocenters. The number of nitrogens with zero attached hydrogens (tertiary/aromatic N) is 2. The minimum atomic E-state index is -0.456. The molecule has 26 heavy (non-hydrogen) atoms. The van der Waals surface area contributed by atoms with E-state index in [0.717, 1.165) is 37.6 Å². The first-order valence-corrected chi connectivity index (χ1v) is 8.96. The second kappa shape index (κ2) is 8.40. The van der Waals surface area contributed by atoms with Gasteiger partial charge in [0.05, 0.1) is 18.8 Å². The number of carbonyl (C=O) groups excluding carboxylic acids is 2. The molecule has 1 aromatic carbocycles. The lowest BCUT2D eigenvalue weighted by Crippen LogP contribution is -2.56. The quantitative estimate of drug-likeness (QED) is 0.855. The molecule has 0 aromatic heterocycles. The van der Waals surface area contributed by atoms with Crippen LogP contribution in [-0.2, 0) is 4.79 Å². The van der Waals surface area contributed by atoms with Gasteiger partial charge >= 0.3 is 6.03 Å². The number of hydrogen-bond donors (Lipinski definition) is 2. The Kier molecular flexibility index (Phi) is 6.47. The summed E-state index contributed by atoms with van der Waals surface area (Å²) < 4.78 is 5.43. The Balaban J connectivity index is 1.88. The first kappa shape index (κ1) is 20.0. The molecule has 0 radical (unpaired) electrons. The zero-order chi connectivity index (χ0) is 19.3. The lowest BCUT2D eigenvalue weighted by molar-refractivity contribution is -0.124. The summed E-state index contributed by atoms with van der Waals surface area (Å²) in [5.41, 5.74) is 0.685. The molecule has 0 saturated carbocycles. The predicted molar refractivity (Wildman–Crippen MR) is 103 cm³/mol. The number of ether oxygens (including phenoxy) is 1. The smallest absolute Gasteiger partial charge is 0.321 e. The van der Waals surface area contributed by atoms with Crippen LogP contribution in [0.4, 0.5) is 10.5 Å². The monoisotopic (exact) mass is 362 g/mol. The van der Waals surface area contributed by atoms with Gasteiger partial charge < -0.3 is 15.0 Å².